The average Bonchev–Trinajstić information content (AvgIpc) is 2.77. The lowest BCUT2D eigenvalue weighted by atomic mass is 9.99. The van der Waals surface area contributed by atoms with E-state index < -0.39 is 17.9 Å². The van der Waals surface area contributed by atoms with Gasteiger partial charge in [-0.1, -0.05) is 6.07 Å². The van der Waals surface area contributed by atoms with E-state index in [1.165, 1.54) is 6.07 Å². The van der Waals surface area contributed by atoms with E-state index in [1.807, 2.05) is 26.0 Å². The molecule has 1 amide bonds. The van der Waals surface area contributed by atoms with Crippen LogP contribution in [0.15, 0.2) is 58.0 Å². The van der Waals surface area contributed by atoms with Crippen LogP contribution < -0.4 is 16.5 Å². The van der Waals surface area contributed by atoms with E-state index in [0.29, 0.717) is 33.4 Å². The van der Waals surface area contributed by atoms with Crippen LogP contribution in [0.25, 0.3) is 22.3 Å². The average molecular weight is 432 g/mol. The van der Waals surface area contributed by atoms with Gasteiger partial charge in [-0.2, -0.15) is 4.39 Å². The Kier molecular flexibility index (Phi) is 5.44. The molecule has 0 bridgehead atoms. The molecule has 1 unspecified atom stereocenters. The van der Waals surface area contributed by atoms with Crippen LogP contribution in [0.2, 0.25) is 0 Å². The van der Waals surface area contributed by atoms with E-state index in [2.05, 4.69) is 15.3 Å². The summed E-state index contributed by atoms with van der Waals surface area (Å²) < 4.78 is 19.8. The van der Waals surface area contributed by atoms with Gasteiger partial charge in [0.15, 0.2) is 11.1 Å². The Balaban J connectivity index is 1.88. The molecule has 1 aromatic carbocycles. The van der Waals surface area contributed by atoms with E-state index >= 15 is 0 Å². The highest BCUT2D eigenvalue weighted by molar-refractivity contribution is 5.96. The Morgan fingerprint density at radius 1 is 1.22 bits per heavy atom. The number of aromatic nitrogens is 2. The molecule has 0 spiro atoms. The highest BCUT2D eigenvalue weighted by atomic mass is 19.1. The number of carbonyl (C=O) groups is 1. The van der Waals surface area contributed by atoms with Crippen molar-refractivity contribution in [2.24, 2.45) is 5.73 Å². The van der Waals surface area contributed by atoms with E-state index in [4.69, 9.17) is 10.2 Å². The van der Waals surface area contributed by atoms with Gasteiger partial charge in [0.1, 0.15) is 11.3 Å². The molecule has 4 rings (SSSR count). The normalized spacial score (nSPS) is 12.0. The van der Waals surface area contributed by atoms with Gasteiger partial charge < -0.3 is 15.5 Å². The third-order valence-corrected chi connectivity index (χ3v) is 5.25. The summed E-state index contributed by atoms with van der Waals surface area (Å²) in [7, 11) is 0. The molecule has 0 aliphatic carbocycles. The topological polar surface area (TPSA) is 111 Å². The number of amides is 1. The molecule has 4 aromatic rings. The molecule has 0 saturated carbocycles. The molecule has 32 heavy (non-hydrogen) atoms. The number of carbonyl (C=O) groups excluding carboxylic acids is 1. The van der Waals surface area contributed by atoms with Crippen LogP contribution in [0, 0.1) is 19.8 Å². The first-order valence-corrected chi connectivity index (χ1v) is 9.97. The molecule has 0 fully saturated rings. The maximum Gasteiger partial charge on any atom is 0.269 e. The Bertz CT molecular complexity index is 1400. The second-order valence-electron chi connectivity index (χ2n) is 7.62. The summed E-state index contributed by atoms with van der Waals surface area (Å²) in [6, 6.07) is 9.39. The number of nitrogens with zero attached hydrogens (tertiary/aromatic N) is 2. The molecule has 0 aliphatic rings. The molecule has 3 heterocycles. The zero-order chi connectivity index (χ0) is 23.0. The molecule has 0 radical (unpaired) electrons. The summed E-state index contributed by atoms with van der Waals surface area (Å²) in [5.41, 5.74) is 8.46. The number of fused-ring (bicyclic) bond motifs is 1. The lowest BCUT2D eigenvalue weighted by Crippen LogP contribution is -2.19. The highest BCUT2D eigenvalue weighted by Crippen LogP contribution is 2.32. The zero-order valence-corrected chi connectivity index (χ0v) is 17.8. The van der Waals surface area contributed by atoms with Crippen molar-refractivity contribution < 1.29 is 13.6 Å². The van der Waals surface area contributed by atoms with Gasteiger partial charge in [-0.3, -0.25) is 14.6 Å². The maximum absolute atomic E-state index is 13.5. The Morgan fingerprint density at radius 2 is 2.00 bits per heavy atom. The Labute approximate surface area is 183 Å². The van der Waals surface area contributed by atoms with Crippen molar-refractivity contribution in [1.29, 1.82) is 0 Å². The van der Waals surface area contributed by atoms with Gasteiger partial charge in [0.2, 0.25) is 5.95 Å². The van der Waals surface area contributed by atoms with Crippen LogP contribution in [0.4, 0.5) is 10.1 Å². The van der Waals surface area contributed by atoms with E-state index in [-0.39, 0.29) is 16.8 Å². The molecule has 8 heteroatoms. The van der Waals surface area contributed by atoms with Crippen LogP contribution >= 0.6 is 0 Å². The van der Waals surface area contributed by atoms with E-state index in [0.717, 1.165) is 11.6 Å². The standard InChI is InChI=1S/C24H21FN4O3/c1-12-9-16(14(3)28-18-6-7-19(25)29-20(18)24(26)31)23-17(10-12)21(30)13(2)22(32-23)15-5-4-8-27-11-15/h4-11,14,28H,1-3H3,(H2,26,31). The van der Waals surface area contributed by atoms with Crippen molar-refractivity contribution >= 4 is 22.6 Å². The van der Waals surface area contributed by atoms with Crippen LogP contribution in [0.5, 0.6) is 0 Å². The number of aryl methyl sites for hydroxylation is 1. The lowest BCUT2D eigenvalue weighted by molar-refractivity contribution is 0.0995. The predicted molar refractivity (Wildman–Crippen MR) is 120 cm³/mol. The number of nitrogens with two attached hydrogens (primary N) is 1. The Morgan fingerprint density at radius 3 is 2.69 bits per heavy atom. The minimum atomic E-state index is -0.852. The largest absolute Gasteiger partial charge is 0.455 e. The number of hydrogen-bond acceptors (Lipinski definition) is 6. The van der Waals surface area contributed by atoms with Crippen molar-refractivity contribution in [2.75, 3.05) is 5.32 Å². The number of benzene rings is 1. The molecular formula is C24H21FN4O3. The van der Waals surface area contributed by atoms with Crippen LogP contribution in [0.1, 0.15) is 40.1 Å². The van der Waals surface area contributed by atoms with Crippen LogP contribution in [0.3, 0.4) is 0 Å². The number of primary amides is 1. The summed E-state index contributed by atoms with van der Waals surface area (Å²) >= 11 is 0. The summed E-state index contributed by atoms with van der Waals surface area (Å²) in [6.07, 6.45) is 3.28. The Hall–Kier alpha value is -4.07. The lowest BCUT2D eigenvalue weighted by Gasteiger charge is -2.19. The number of halogens is 1. The zero-order valence-electron chi connectivity index (χ0n) is 17.8. The number of hydrogen-bond donors (Lipinski definition) is 2. The summed E-state index contributed by atoms with van der Waals surface area (Å²) in [4.78, 5) is 32.6. The summed E-state index contributed by atoms with van der Waals surface area (Å²) in [6.45, 7) is 5.44. The third kappa shape index (κ3) is 3.82. The predicted octanol–water partition coefficient (Wildman–Crippen LogP) is 4.28. The number of nitrogens with one attached hydrogen (secondary N) is 1. The van der Waals surface area contributed by atoms with Gasteiger partial charge in [0, 0.05) is 29.1 Å². The van der Waals surface area contributed by atoms with Gasteiger partial charge >= 0.3 is 0 Å². The smallest absolute Gasteiger partial charge is 0.269 e. The fourth-order valence-electron chi connectivity index (χ4n) is 3.71. The number of anilines is 1. The van der Waals surface area contributed by atoms with Gasteiger partial charge in [-0.15, -0.1) is 0 Å². The van der Waals surface area contributed by atoms with Gasteiger partial charge in [0.05, 0.1) is 17.1 Å². The SMILES string of the molecule is Cc1cc(C(C)Nc2ccc(F)nc2C(N)=O)c2oc(-c3cccnc3)c(C)c(=O)c2c1. The van der Waals surface area contributed by atoms with E-state index in [1.54, 1.807) is 31.5 Å². The molecule has 3 aromatic heterocycles. The van der Waals surface area contributed by atoms with Crippen molar-refractivity contribution in [3.63, 3.8) is 0 Å². The number of pyridine rings is 2. The summed E-state index contributed by atoms with van der Waals surface area (Å²) in [5.74, 6) is -1.22. The second-order valence-corrected chi connectivity index (χ2v) is 7.62. The van der Waals surface area contributed by atoms with Gasteiger partial charge in [-0.05, 0) is 56.7 Å². The first-order chi connectivity index (χ1) is 15.3. The van der Waals surface area contributed by atoms with Crippen molar-refractivity contribution in [1.82, 2.24) is 9.97 Å². The molecule has 7 nitrogen and oxygen atoms in total. The minimum absolute atomic E-state index is 0.136. The molecule has 162 valence electrons. The first kappa shape index (κ1) is 21.2. The van der Waals surface area contributed by atoms with Crippen molar-refractivity contribution in [3.05, 3.63) is 87.3 Å². The molecular weight excluding hydrogens is 411 g/mol. The quantitative estimate of drug-likeness (QED) is 0.456. The van der Waals surface area contributed by atoms with Crippen LogP contribution in [-0.4, -0.2) is 15.9 Å². The maximum atomic E-state index is 13.5. The molecule has 3 N–H and O–H groups in total. The minimum Gasteiger partial charge on any atom is -0.455 e. The molecule has 0 aliphatic heterocycles. The fourth-order valence-corrected chi connectivity index (χ4v) is 3.71. The first-order valence-electron chi connectivity index (χ1n) is 9.97. The van der Waals surface area contributed by atoms with Gasteiger partial charge in [0.25, 0.3) is 5.91 Å². The fraction of sp³-hybridized carbons (Fsp3) is 0.167. The highest BCUT2D eigenvalue weighted by Gasteiger charge is 2.20. The van der Waals surface area contributed by atoms with E-state index in [9.17, 15) is 14.0 Å². The van der Waals surface area contributed by atoms with Crippen molar-refractivity contribution in [3.8, 4) is 11.3 Å². The van der Waals surface area contributed by atoms with Gasteiger partial charge in [-0.25, -0.2) is 4.98 Å². The third-order valence-electron chi connectivity index (χ3n) is 5.25. The number of rotatable bonds is 5. The van der Waals surface area contributed by atoms with Crippen LogP contribution in [-0.2, 0) is 0 Å². The summed E-state index contributed by atoms with van der Waals surface area (Å²) in [5, 5.41) is 3.59. The van der Waals surface area contributed by atoms with Crippen molar-refractivity contribution in [2.45, 2.75) is 26.8 Å². The molecule has 0 saturated heterocycles. The second kappa shape index (κ2) is 8.22. The molecule has 1 atom stereocenters. The monoisotopic (exact) mass is 432 g/mol.